The van der Waals surface area contributed by atoms with Gasteiger partial charge in [0.2, 0.25) is 5.91 Å². The average Bonchev–Trinajstić information content (AvgIpc) is 2.86. The fourth-order valence-corrected chi connectivity index (χ4v) is 2.84. The fraction of sp³-hybridized carbons (Fsp3) is 0.562. The number of nitrogens with two attached hydrogens (primary N) is 1. The number of ether oxygens (including phenoxy) is 1. The maximum Gasteiger partial charge on any atom is 0.227 e. The number of amides is 1. The molecule has 0 aromatic heterocycles. The predicted octanol–water partition coefficient (Wildman–Crippen LogP) is 2.17. The molecule has 4 nitrogen and oxygen atoms in total. The number of carbonyl (C=O) groups excluding carboxylic acids is 1. The Balaban J connectivity index is 2.03. The Morgan fingerprint density at radius 2 is 2.15 bits per heavy atom. The molecule has 1 saturated carbocycles. The first-order valence-corrected chi connectivity index (χ1v) is 7.34. The Labute approximate surface area is 120 Å². The first-order chi connectivity index (χ1) is 9.63. The van der Waals surface area contributed by atoms with Crippen LogP contribution >= 0.6 is 0 Å². The van der Waals surface area contributed by atoms with Gasteiger partial charge in [-0.05, 0) is 25.8 Å². The van der Waals surface area contributed by atoms with Gasteiger partial charge in [0.1, 0.15) is 5.75 Å². The van der Waals surface area contributed by atoms with Crippen LogP contribution < -0.4 is 10.5 Å². The van der Waals surface area contributed by atoms with E-state index in [0.717, 1.165) is 30.6 Å². The molecule has 4 heteroatoms. The lowest BCUT2D eigenvalue weighted by Gasteiger charge is -2.24. The van der Waals surface area contributed by atoms with Gasteiger partial charge in [-0.1, -0.05) is 24.6 Å². The van der Waals surface area contributed by atoms with E-state index in [0.29, 0.717) is 13.2 Å². The van der Waals surface area contributed by atoms with Gasteiger partial charge in [0.25, 0.3) is 0 Å². The number of hydrogen-bond donors (Lipinski definition) is 1. The van der Waals surface area contributed by atoms with E-state index in [1.165, 1.54) is 0 Å². The van der Waals surface area contributed by atoms with Crippen molar-refractivity contribution in [3.05, 3.63) is 29.8 Å². The number of nitrogens with zero attached hydrogens (tertiary/aromatic N) is 1. The monoisotopic (exact) mass is 276 g/mol. The van der Waals surface area contributed by atoms with E-state index < -0.39 is 0 Å². The van der Waals surface area contributed by atoms with E-state index in [2.05, 4.69) is 0 Å². The molecule has 110 valence electrons. The van der Waals surface area contributed by atoms with Crippen molar-refractivity contribution >= 4 is 5.91 Å². The normalized spacial score (nSPS) is 21.8. The third-order valence-corrected chi connectivity index (χ3v) is 3.94. The molecular formula is C16H24N2O2. The summed E-state index contributed by atoms with van der Waals surface area (Å²) in [6.07, 6.45) is 2.93. The molecule has 2 atom stereocenters. The number of benzene rings is 1. The zero-order chi connectivity index (χ0) is 14.5. The molecule has 0 saturated heterocycles. The van der Waals surface area contributed by atoms with E-state index in [1.807, 2.05) is 38.2 Å². The first kappa shape index (κ1) is 14.9. The largest absolute Gasteiger partial charge is 0.494 e. The maximum atomic E-state index is 12.4. The molecule has 0 spiro atoms. The molecule has 0 unspecified atom stereocenters. The molecule has 0 aliphatic heterocycles. The van der Waals surface area contributed by atoms with Crippen LogP contribution in [-0.4, -0.2) is 30.5 Å². The van der Waals surface area contributed by atoms with Gasteiger partial charge in [-0.2, -0.15) is 0 Å². The Morgan fingerprint density at radius 1 is 1.40 bits per heavy atom. The van der Waals surface area contributed by atoms with E-state index in [9.17, 15) is 4.79 Å². The van der Waals surface area contributed by atoms with Crippen LogP contribution in [0.2, 0.25) is 0 Å². The Morgan fingerprint density at radius 3 is 2.80 bits per heavy atom. The van der Waals surface area contributed by atoms with Crippen molar-refractivity contribution in [3.8, 4) is 5.75 Å². The summed E-state index contributed by atoms with van der Waals surface area (Å²) in [5.41, 5.74) is 7.06. The topological polar surface area (TPSA) is 55.6 Å². The second kappa shape index (κ2) is 6.75. The minimum atomic E-state index is -0.0146. The van der Waals surface area contributed by atoms with Gasteiger partial charge in [-0.15, -0.1) is 0 Å². The summed E-state index contributed by atoms with van der Waals surface area (Å²) in [6, 6.07) is 7.88. The second-order valence-corrected chi connectivity index (χ2v) is 5.44. The number of rotatable bonds is 5. The summed E-state index contributed by atoms with van der Waals surface area (Å²) < 4.78 is 5.60. The van der Waals surface area contributed by atoms with Crippen LogP contribution in [0, 0.1) is 5.92 Å². The molecule has 0 radical (unpaired) electrons. The highest BCUT2D eigenvalue weighted by molar-refractivity contribution is 5.79. The quantitative estimate of drug-likeness (QED) is 0.896. The van der Waals surface area contributed by atoms with Crippen LogP contribution in [0.15, 0.2) is 24.3 Å². The molecular weight excluding hydrogens is 252 g/mol. The highest BCUT2D eigenvalue weighted by Crippen LogP contribution is 2.27. The number of hydrogen-bond acceptors (Lipinski definition) is 3. The van der Waals surface area contributed by atoms with E-state index >= 15 is 0 Å². The summed E-state index contributed by atoms with van der Waals surface area (Å²) in [5.74, 6) is 0.992. The van der Waals surface area contributed by atoms with Gasteiger partial charge in [0.15, 0.2) is 0 Å². The van der Waals surface area contributed by atoms with Crippen LogP contribution in [0.4, 0.5) is 0 Å². The minimum absolute atomic E-state index is 0.0146. The molecule has 1 aromatic rings. The maximum absolute atomic E-state index is 12.4. The van der Waals surface area contributed by atoms with Crippen molar-refractivity contribution in [2.75, 3.05) is 13.7 Å². The average molecular weight is 276 g/mol. The Bertz CT molecular complexity index is 462. The van der Waals surface area contributed by atoms with Crippen LogP contribution in [0.3, 0.4) is 0 Å². The zero-order valence-corrected chi connectivity index (χ0v) is 12.3. The lowest BCUT2D eigenvalue weighted by atomic mass is 10.0. The van der Waals surface area contributed by atoms with Gasteiger partial charge in [0.05, 0.1) is 12.5 Å². The molecule has 20 heavy (non-hydrogen) atoms. The van der Waals surface area contributed by atoms with Gasteiger partial charge in [-0.3, -0.25) is 4.79 Å². The van der Waals surface area contributed by atoms with Gasteiger partial charge >= 0.3 is 0 Å². The molecule has 0 bridgehead atoms. The third kappa shape index (κ3) is 3.31. The molecule has 2 N–H and O–H groups in total. The van der Waals surface area contributed by atoms with Crippen LogP contribution in [0.1, 0.15) is 31.7 Å². The lowest BCUT2D eigenvalue weighted by Crippen LogP contribution is -2.39. The van der Waals surface area contributed by atoms with Gasteiger partial charge in [0, 0.05) is 25.2 Å². The Kier molecular flexibility index (Phi) is 5.01. The van der Waals surface area contributed by atoms with Crippen molar-refractivity contribution in [2.24, 2.45) is 11.7 Å². The molecule has 1 aromatic carbocycles. The van der Waals surface area contributed by atoms with Crippen molar-refractivity contribution < 1.29 is 9.53 Å². The fourth-order valence-electron chi connectivity index (χ4n) is 2.84. The van der Waals surface area contributed by atoms with Crippen LogP contribution in [0.25, 0.3) is 0 Å². The molecule has 1 fully saturated rings. The van der Waals surface area contributed by atoms with Crippen molar-refractivity contribution in [1.29, 1.82) is 0 Å². The van der Waals surface area contributed by atoms with Crippen molar-refractivity contribution in [3.63, 3.8) is 0 Å². The van der Waals surface area contributed by atoms with Gasteiger partial charge in [-0.25, -0.2) is 0 Å². The van der Waals surface area contributed by atoms with Crippen molar-refractivity contribution in [1.82, 2.24) is 4.90 Å². The molecule has 2 rings (SSSR count). The van der Waals surface area contributed by atoms with Crippen LogP contribution in [-0.2, 0) is 11.3 Å². The van der Waals surface area contributed by atoms with Crippen molar-refractivity contribution in [2.45, 2.75) is 38.8 Å². The SMILES string of the molecule is CCOc1ccccc1CN(C)C(=O)[C@@H]1CCC[C@@H]1N. The summed E-state index contributed by atoms with van der Waals surface area (Å²) in [6.45, 7) is 3.16. The second-order valence-electron chi connectivity index (χ2n) is 5.44. The van der Waals surface area contributed by atoms with E-state index in [-0.39, 0.29) is 17.9 Å². The summed E-state index contributed by atoms with van der Waals surface area (Å²) in [5, 5.41) is 0. The number of carbonyl (C=O) groups is 1. The Hall–Kier alpha value is -1.55. The molecule has 1 aliphatic rings. The summed E-state index contributed by atoms with van der Waals surface area (Å²) in [7, 11) is 1.84. The highest BCUT2D eigenvalue weighted by Gasteiger charge is 2.32. The smallest absolute Gasteiger partial charge is 0.227 e. The first-order valence-electron chi connectivity index (χ1n) is 7.34. The summed E-state index contributed by atoms with van der Waals surface area (Å²) >= 11 is 0. The molecule has 1 aliphatic carbocycles. The summed E-state index contributed by atoms with van der Waals surface area (Å²) in [4.78, 5) is 14.2. The minimum Gasteiger partial charge on any atom is -0.494 e. The molecule has 1 amide bonds. The predicted molar refractivity (Wildman–Crippen MR) is 79.4 cm³/mol. The van der Waals surface area contributed by atoms with E-state index in [4.69, 9.17) is 10.5 Å². The highest BCUT2D eigenvalue weighted by atomic mass is 16.5. The van der Waals surface area contributed by atoms with E-state index in [1.54, 1.807) is 4.90 Å². The molecule has 0 heterocycles. The standard InChI is InChI=1S/C16H24N2O2/c1-3-20-15-10-5-4-7-12(15)11-18(2)16(19)13-8-6-9-14(13)17/h4-5,7,10,13-14H,3,6,8-9,11,17H2,1-2H3/t13-,14+/m1/s1. The lowest BCUT2D eigenvalue weighted by molar-refractivity contribution is -0.134. The number of para-hydroxylation sites is 1. The van der Waals surface area contributed by atoms with Gasteiger partial charge < -0.3 is 15.4 Å². The third-order valence-electron chi connectivity index (χ3n) is 3.94. The zero-order valence-electron chi connectivity index (χ0n) is 12.3. The van der Waals surface area contributed by atoms with Crippen LogP contribution in [0.5, 0.6) is 5.75 Å².